The molecule has 2 heteroatoms. The zero-order chi connectivity index (χ0) is 10.6. The molecule has 0 amide bonds. The van der Waals surface area contributed by atoms with Crippen LogP contribution in [0.15, 0.2) is 12.2 Å². The topological polar surface area (TPSA) is 18.5 Å². The van der Waals surface area contributed by atoms with Crippen molar-refractivity contribution in [2.45, 2.75) is 44.9 Å². The molecule has 1 heterocycles. The highest BCUT2D eigenvalue weighted by Gasteiger charge is 1.93. The summed E-state index contributed by atoms with van der Waals surface area (Å²) < 4.78 is 10.9. The first-order valence-corrected chi connectivity index (χ1v) is 6.30. The van der Waals surface area contributed by atoms with E-state index in [-0.39, 0.29) is 0 Å². The van der Waals surface area contributed by atoms with E-state index in [2.05, 4.69) is 12.2 Å². The maximum atomic E-state index is 5.47. The van der Waals surface area contributed by atoms with Gasteiger partial charge in [0.05, 0.1) is 13.2 Å². The molecule has 1 rings (SSSR count). The molecule has 2 nitrogen and oxygen atoms in total. The summed E-state index contributed by atoms with van der Waals surface area (Å²) in [4.78, 5) is 0. The van der Waals surface area contributed by atoms with Crippen LogP contribution in [0.2, 0.25) is 0 Å². The normalized spacial score (nSPS) is 25.1. The van der Waals surface area contributed by atoms with Crippen molar-refractivity contribution in [3.05, 3.63) is 12.2 Å². The van der Waals surface area contributed by atoms with Crippen molar-refractivity contribution in [1.29, 1.82) is 0 Å². The average molecular weight is 212 g/mol. The molecule has 0 fully saturated rings. The zero-order valence-corrected chi connectivity index (χ0v) is 9.75. The van der Waals surface area contributed by atoms with Crippen molar-refractivity contribution in [3.63, 3.8) is 0 Å². The van der Waals surface area contributed by atoms with Gasteiger partial charge in [-0.25, -0.2) is 0 Å². The number of ether oxygens (including phenoxy) is 2. The van der Waals surface area contributed by atoms with Crippen LogP contribution in [0.3, 0.4) is 0 Å². The summed E-state index contributed by atoms with van der Waals surface area (Å²) in [6.45, 7) is 3.29. The van der Waals surface area contributed by atoms with Gasteiger partial charge in [0.15, 0.2) is 0 Å². The Bertz CT molecular complexity index is 139. The van der Waals surface area contributed by atoms with Crippen LogP contribution in [0.25, 0.3) is 0 Å². The van der Waals surface area contributed by atoms with Crippen molar-refractivity contribution in [2.75, 3.05) is 26.4 Å². The van der Waals surface area contributed by atoms with Crippen LogP contribution in [0.1, 0.15) is 44.9 Å². The molecular weight excluding hydrogens is 188 g/mol. The molecule has 0 saturated carbocycles. The van der Waals surface area contributed by atoms with Gasteiger partial charge in [0, 0.05) is 13.2 Å². The molecule has 0 aromatic heterocycles. The van der Waals surface area contributed by atoms with E-state index in [1.165, 1.54) is 44.9 Å². The standard InChI is InChI=1S/C13H24O2/c1-2-4-6-10-14-12-8-9-13-15-11-7-5-3-1/h8-9H,1-7,10-13H2/b9-8-. The van der Waals surface area contributed by atoms with Crippen molar-refractivity contribution < 1.29 is 9.47 Å². The summed E-state index contributed by atoms with van der Waals surface area (Å²) in [6, 6.07) is 0. The van der Waals surface area contributed by atoms with Crippen LogP contribution < -0.4 is 0 Å². The van der Waals surface area contributed by atoms with Crippen LogP contribution in [-0.2, 0) is 9.47 Å². The first-order valence-electron chi connectivity index (χ1n) is 6.30. The molecule has 0 spiro atoms. The Balaban J connectivity index is 2.08. The Labute approximate surface area is 93.7 Å². The van der Waals surface area contributed by atoms with E-state index in [1.54, 1.807) is 0 Å². The molecule has 0 aromatic rings. The summed E-state index contributed by atoms with van der Waals surface area (Å²) in [7, 11) is 0. The molecule has 15 heavy (non-hydrogen) atoms. The van der Waals surface area contributed by atoms with Crippen LogP contribution in [0.4, 0.5) is 0 Å². The van der Waals surface area contributed by atoms with E-state index in [9.17, 15) is 0 Å². The minimum atomic E-state index is 0.739. The maximum absolute atomic E-state index is 5.47. The molecule has 0 atom stereocenters. The highest BCUT2D eigenvalue weighted by Crippen LogP contribution is 2.07. The largest absolute Gasteiger partial charge is 0.377 e. The van der Waals surface area contributed by atoms with Crippen LogP contribution in [0, 0.1) is 0 Å². The van der Waals surface area contributed by atoms with Gasteiger partial charge in [-0.2, -0.15) is 0 Å². The second-order valence-corrected chi connectivity index (χ2v) is 4.10. The predicted octanol–water partition coefficient (Wildman–Crippen LogP) is 3.32. The minimum Gasteiger partial charge on any atom is -0.377 e. The third kappa shape index (κ3) is 8.64. The molecule has 0 N–H and O–H groups in total. The summed E-state index contributed by atoms with van der Waals surface area (Å²) in [5.41, 5.74) is 0. The summed E-state index contributed by atoms with van der Waals surface area (Å²) >= 11 is 0. The van der Waals surface area contributed by atoms with Gasteiger partial charge in [-0.3, -0.25) is 0 Å². The Kier molecular flexibility index (Phi) is 8.64. The summed E-state index contributed by atoms with van der Waals surface area (Å²) in [5, 5.41) is 0. The fourth-order valence-electron chi connectivity index (χ4n) is 1.73. The summed E-state index contributed by atoms with van der Waals surface area (Å²) in [6.07, 6.45) is 13.3. The van der Waals surface area contributed by atoms with Crippen LogP contribution >= 0.6 is 0 Å². The molecule has 0 unspecified atom stereocenters. The van der Waals surface area contributed by atoms with E-state index in [0.29, 0.717) is 0 Å². The van der Waals surface area contributed by atoms with Gasteiger partial charge in [-0.05, 0) is 12.8 Å². The van der Waals surface area contributed by atoms with Crippen LogP contribution in [0.5, 0.6) is 0 Å². The quantitative estimate of drug-likeness (QED) is 0.573. The van der Waals surface area contributed by atoms with Crippen molar-refractivity contribution in [3.8, 4) is 0 Å². The van der Waals surface area contributed by atoms with E-state index in [1.807, 2.05) is 0 Å². The lowest BCUT2D eigenvalue weighted by atomic mass is 10.1. The Morgan fingerprint density at radius 1 is 0.533 bits per heavy atom. The highest BCUT2D eigenvalue weighted by atomic mass is 16.5. The van der Waals surface area contributed by atoms with Crippen molar-refractivity contribution in [2.24, 2.45) is 0 Å². The number of rotatable bonds is 0. The van der Waals surface area contributed by atoms with E-state index >= 15 is 0 Å². The molecule has 88 valence electrons. The second kappa shape index (κ2) is 10.2. The maximum Gasteiger partial charge on any atom is 0.0648 e. The van der Waals surface area contributed by atoms with E-state index < -0.39 is 0 Å². The lowest BCUT2D eigenvalue weighted by Gasteiger charge is -2.02. The molecule has 0 radical (unpaired) electrons. The minimum absolute atomic E-state index is 0.739. The van der Waals surface area contributed by atoms with Crippen molar-refractivity contribution >= 4 is 0 Å². The van der Waals surface area contributed by atoms with Crippen molar-refractivity contribution in [1.82, 2.24) is 0 Å². The van der Waals surface area contributed by atoms with Gasteiger partial charge in [-0.15, -0.1) is 0 Å². The fourth-order valence-corrected chi connectivity index (χ4v) is 1.73. The van der Waals surface area contributed by atoms with Gasteiger partial charge in [0.1, 0.15) is 0 Å². The predicted molar refractivity (Wildman–Crippen MR) is 63.1 cm³/mol. The smallest absolute Gasteiger partial charge is 0.0648 e. The van der Waals surface area contributed by atoms with E-state index in [4.69, 9.17) is 9.47 Å². The van der Waals surface area contributed by atoms with Gasteiger partial charge < -0.3 is 9.47 Å². The highest BCUT2D eigenvalue weighted by molar-refractivity contribution is 4.81. The SMILES string of the molecule is C1=C\COCCCCCCCCCOC/1. The first kappa shape index (κ1) is 12.7. The van der Waals surface area contributed by atoms with E-state index in [0.717, 1.165) is 26.4 Å². The Morgan fingerprint density at radius 3 is 1.40 bits per heavy atom. The number of hydrogen-bond donors (Lipinski definition) is 0. The van der Waals surface area contributed by atoms with Gasteiger partial charge in [0.25, 0.3) is 0 Å². The third-order valence-electron chi connectivity index (χ3n) is 2.67. The van der Waals surface area contributed by atoms with Gasteiger partial charge in [-0.1, -0.05) is 44.3 Å². The first-order chi connectivity index (χ1) is 7.50. The Hall–Kier alpha value is -0.340. The molecule has 1 aliphatic rings. The monoisotopic (exact) mass is 212 g/mol. The van der Waals surface area contributed by atoms with Gasteiger partial charge in [0.2, 0.25) is 0 Å². The lowest BCUT2D eigenvalue weighted by Crippen LogP contribution is -1.96. The molecule has 0 saturated heterocycles. The second-order valence-electron chi connectivity index (χ2n) is 4.10. The number of hydrogen-bond acceptors (Lipinski definition) is 2. The zero-order valence-electron chi connectivity index (χ0n) is 9.75. The molecule has 0 aliphatic carbocycles. The molecule has 1 aliphatic heterocycles. The molecular formula is C13H24O2. The Morgan fingerprint density at radius 2 is 0.933 bits per heavy atom. The molecule has 0 bridgehead atoms. The fraction of sp³-hybridized carbons (Fsp3) is 0.846. The van der Waals surface area contributed by atoms with Crippen LogP contribution in [-0.4, -0.2) is 26.4 Å². The molecule has 0 aromatic carbocycles. The third-order valence-corrected chi connectivity index (χ3v) is 2.67. The van der Waals surface area contributed by atoms with Gasteiger partial charge >= 0.3 is 0 Å². The average Bonchev–Trinajstić information content (AvgIpc) is 2.27. The summed E-state index contributed by atoms with van der Waals surface area (Å²) in [5.74, 6) is 0. The lowest BCUT2D eigenvalue weighted by molar-refractivity contribution is 0.150.